The minimum Gasteiger partial charge on any atom is -0.307 e. The first-order valence-corrected chi connectivity index (χ1v) is 9.30. The highest BCUT2D eigenvalue weighted by molar-refractivity contribution is 9.10. The number of nitrogen functional groups attached to an aromatic ring is 1. The number of aromatic nitrogens is 1. The van der Waals surface area contributed by atoms with Crippen LogP contribution in [0.15, 0.2) is 33.1 Å². The van der Waals surface area contributed by atoms with Gasteiger partial charge in [-0.05, 0) is 45.4 Å². The molecule has 0 fully saturated rings. The fourth-order valence-corrected chi connectivity index (χ4v) is 4.44. The molecular weight excluding hydrogens is 376 g/mol. The van der Waals surface area contributed by atoms with Gasteiger partial charge in [0.05, 0.1) is 0 Å². The van der Waals surface area contributed by atoms with Crippen LogP contribution in [0.1, 0.15) is 17.4 Å². The van der Waals surface area contributed by atoms with Crippen LogP contribution in [0.3, 0.4) is 0 Å². The molecule has 2 aromatic heterocycles. The van der Waals surface area contributed by atoms with Gasteiger partial charge >= 0.3 is 0 Å². The summed E-state index contributed by atoms with van der Waals surface area (Å²) in [4.78, 5) is 4.96. The minimum atomic E-state index is -3.70. The van der Waals surface area contributed by atoms with Gasteiger partial charge in [-0.1, -0.05) is 6.92 Å². The quantitative estimate of drug-likeness (QED) is 0.518. The third-order valence-corrected chi connectivity index (χ3v) is 5.70. The van der Waals surface area contributed by atoms with Gasteiger partial charge in [0, 0.05) is 22.1 Å². The van der Waals surface area contributed by atoms with Gasteiger partial charge in [-0.15, -0.1) is 11.3 Å². The molecule has 2 aromatic rings. The van der Waals surface area contributed by atoms with Gasteiger partial charge < -0.3 is 5.43 Å². The molecule has 9 heteroatoms. The molecule has 0 aromatic carbocycles. The second kappa shape index (κ2) is 6.84. The molecule has 0 aliphatic carbocycles. The first-order valence-electron chi connectivity index (χ1n) is 6.15. The van der Waals surface area contributed by atoms with Crippen LogP contribution in [0.5, 0.6) is 0 Å². The number of aryl methyl sites for hydroxylation is 1. The summed E-state index contributed by atoms with van der Waals surface area (Å²) in [6.45, 7) is 2.29. The molecule has 114 valence electrons. The molecule has 0 spiro atoms. The maximum atomic E-state index is 12.4. The predicted octanol–water partition coefficient (Wildman–Crippen LogP) is 2.23. The zero-order valence-corrected chi connectivity index (χ0v) is 14.5. The van der Waals surface area contributed by atoms with Gasteiger partial charge in [0.25, 0.3) is 0 Å². The van der Waals surface area contributed by atoms with Crippen LogP contribution in [-0.4, -0.2) is 13.4 Å². The van der Waals surface area contributed by atoms with Crippen molar-refractivity contribution in [3.05, 3.63) is 38.6 Å². The molecule has 0 saturated carbocycles. The number of nitrogens with one attached hydrogen (secondary N) is 2. The van der Waals surface area contributed by atoms with Crippen molar-refractivity contribution >= 4 is 43.1 Å². The van der Waals surface area contributed by atoms with E-state index in [1.54, 1.807) is 0 Å². The lowest BCUT2D eigenvalue weighted by Crippen LogP contribution is -2.25. The number of hydrogen-bond donors (Lipinski definition) is 3. The first-order chi connectivity index (χ1) is 9.97. The summed E-state index contributed by atoms with van der Waals surface area (Å²) < 4.78 is 27.9. The second-order valence-electron chi connectivity index (χ2n) is 4.19. The van der Waals surface area contributed by atoms with E-state index in [4.69, 9.17) is 5.84 Å². The Labute approximate surface area is 135 Å². The van der Waals surface area contributed by atoms with E-state index in [0.29, 0.717) is 4.47 Å². The number of anilines is 1. The highest BCUT2D eigenvalue weighted by Crippen LogP contribution is 2.23. The second-order valence-corrected chi connectivity index (χ2v) is 7.84. The van der Waals surface area contributed by atoms with Crippen LogP contribution in [0, 0.1) is 0 Å². The van der Waals surface area contributed by atoms with Crippen LogP contribution in [0.2, 0.25) is 0 Å². The van der Waals surface area contributed by atoms with Crippen molar-refractivity contribution < 1.29 is 8.42 Å². The first kappa shape index (κ1) is 16.4. The molecule has 4 N–H and O–H groups in total. The Balaban J connectivity index is 2.25. The zero-order chi connectivity index (χ0) is 15.5. The van der Waals surface area contributed by atoms with Crippen LogP contribution in [0.4, 0.5) is 5.82 Å². The van der Waals surface area contributed by atoms with Gasteiger partial charge in [0.15, 0.2) is 5.82 Å². The van der Waals surface area contributed by atoms with Crippen LogP contribution in [-0.2, 0) is 23.0 Å². The van der Waals surface area contributed by atoms with Crippen LogP contribution in [0.25, 0.3) is 0 Å². The molecule has 0 radical (unpaired) electrons. The maximum Gasteiger partial charge on any atom is 0.244 e. The van der Waals surface area contributed by atoms with E-state index in [2.05, 4.69) is 31.1 Å². The van der Waals surface area contributed by atoms with E-state index < -0.39 is 10.0 Å². The van der Waals surface area contributed by atoms with E-state index >= 15 is 0 Å². The molecule has 0 aliphatic rings. The smallest absolute Gasteiger partial charge is 0.244 e. The summed E-state index contributed by atoms with van der Waals surface area (Å²) in [6, 6.07) is 3.46. The lowest BCUT2D eigenvalue weighted by atomic mass is 10.2. The molecule has 0 unspecified atom stereocenters. The van der Waals surface area contributed by atoms with Crippen LogP contribution >= 0.6 is 27.3 Å². The number of nitrogens with two attached hydrogens (primary N) is 1. The lowest BCUT2D eigenvalue weighted by molar-refractivity contribution is 0.581. The molecule has 0 saturated heterocycles. The van der Waals surface area contributed by atoms with E-state index in [1.165, 1.54) is 23.6 Å². The number of pyridine rings is 1. The van der Waals surface area contributed by atoms with Crippen molar-refractivity contribution in [2.45, 2.75) is 24.8 Å². The van der Waals surface area contributed by atoms with Crippen molar-refractivity contribution in [3.63, 3.8) is 0 Å². The average Bonchev–Trinajstić information content (AvgIpc) is 2.92. The SMILES string of the molecule is CCc1ccsc1CNS(=O)(=O)c1cc(Br)cnc1NN. The number of thiophene rings is 1. The van der Waals surface area contributed by atoms with Gasteiger partial charge in [-0.25, -0.2) is 24.0 Å². The number of halogens is 1. The van der Waals surface area contributed by atoms with Gasteiger partial charge in [0.1, 0.15) is 4.90 Å². The van der Waals surface area contributed by atoms with E-state index in [-0.39, 0.29) is 17.3 Å². The number of hydrazine groups is 1. The fraction of sp³-hybridized carbons (Fsp3) is 0.250. The summed E-state index contributed by atoms with van der Waals surface area (Å²) in [5.74, 6) is 5.42. The summed E-state index contributed by atoms with van der Waals surface area (Å²) >= 11 is 4.74. The van der Waals surface area contributed by atoms with Crippen molar-refractivity contribution in [1.29, 1.82) is 0 Å². The highest BCUT2D eigenvalue weighted by Gasteiger charge is 2.20. The number of nitrogens with zero attached hydrogens (tertiary/aromatic N) is 1. The molecular formula is C12H15BrN4O2S2. The Hall–Kier alpha value is -1.00. The Morgan fingerprint density at radius 1 is 1.48 bits per heavy atom. The molecule has 0 aliphatic heterocycles. The van der Waals surface area contributed by atoms with Gasteiger partial charge in [0.2, 0.25) is 10.0 Å². The Morgan fingerprint density at radius 3 is 2.90 bits per heavy atom. The number of sulfonamides is 1. The van der Waals surface area contributed by atoms with Crippen molar-refractivity contribution in [1.82, 2.24) is 9.71 Å². The molecule has 2 heterocycles. The molecule has 21 heavy (non-hydrogen) atoms. The summed E-state index contributed by atoms with van der Waals surface area (Å²) in [6.07, 6.45) is 2.34. The van der Waals surface area contributed by atoms with Crippen molar-refractivity contribution in [2.24, 2.45) is 5.84 Å². The lowest BCUT2D eigenvalue weighted by Gasteiger charge is -2.10. The van der Waals surface area contributed by atoms with Crippen molar-refractivity contribution in [2.75, 3.05) is 5.43 Å². The zero-order valence-electron chi connectivity index (χ0n) is 11.3. The molecule has 2 rings (SSSR count). The maximum absolute atomic E-state index is 12.4. The Morgan fingerprint density at radius 2 is 2.24 bits per heavy atom. The summed E-state index contributed by atoms with van der Waals surface area (Å²) in [5.41, 5.74) is 3.44. The normalized spacial score (nSPS) is 11.6. The molecule has 6 nitrogen and oxygen atoms in total. The molecule has 0 bridgehead atoms. The monoisotopic (exact) mass is 390 g/mol. The van der Waals surface area contributed by atoms with E-state index in [1.807, 2.05) is 18.4 Å². The van der Waals surface area contributed by atoms with E-state index in [9.17, 15) is 8.42 Å². The Bertz CT molecular complexity index is 731. The standard InChI is InChI=1S/C12H15BrN4O2S2/c1-2-8-3-4-20-10(8)7-16-21(18,19)11-5-9(13)6-15-12(11)17-14/h3-6,16H,2,7,14H2,1H3,(H,15,17). The van der Waals surface area contributed by atoms with Gasteiger partial charge in [-0.3, -0.25) is 0 Å². The molecule has 0 amide bonds. The highest BCUT2D eigenvalue weighted by atomic mass is 79.9. The van der Waals surface area contributed by atoms with Crippen molar-refractivity contribution in [3.8, 4) is 0 Å². The summed E-state index contributed by atoms with van der Waals surface area (Å²) in [7, 11) is -3.70. The number of hydrogen-bond acceptors (Lipinski definition) is 6. The number of rotatable bonds is 6. The molecule has 0 atom stereocenters. The van der Waals surface area contributed by atoms with E-state index in [0.717, 1.165) is 16.9 Å². The fourth-order valence-electron chi connectivity index (χ4n) is 1.81. The summed E-state index contributed by atoms with van der Waals surface area (Å²) in [5, 5.41) is 1.95. The van der Waals surface area contributed by atoms with Gasteiger partial charge in [-0.2, -0.15) is 0 Å². The topological polar surface area (TPSA) is 97.1 Å². The third kappa shape index (κ3) is 3.80. The predicted molar refractivity (Wildman–Crippen MR) is 87.5 cm³/mol. The third-order valence-electron chi connectivity index (χ3n) is 2.89. The Kier molecular flexibility index (Phi) is 5.33. The average molecular weight is 391 g/mol. The largest absolute Gasteiger partial charge is 0.307 e. The van der Waals surface area contributed by atoms with Crippen LogP contribution < -0.4 is 16.0 Å². The minimum absolute atomic E-state index is 0.00831.